The smallest absolute Gasteiger partial charge is 0.251 e. The first-order chi connectivity index (χ1) is 33.2. The van der Waals surface area contributed by atoms with Crippen molar-refractivity contribution in [2.24, 2.45) is 0 Å². The van der Waals surface area contributed by atoms with Gasteiger partial charge in [-0.05, 0) is 106 Å². The summed E-state index contributed by atoms with van der Waals surface area (Å²) in [6.07, 6.45) is 0. The SMILES string of the molecule is CC(C)c1cc(C(C)C)c(B2c3ccc(-n4c5ccccc5c5ccc6c7ccccc7n(-c7ccccc7)c6c54)cc3Oc3cc4c5ccccc5n(-c5ccccc5)c4cc32)c(C(C)C)c1. The first kappa shape index (κ1) is 40.5. The molecule has 13 rings (SSSR count). The number of aromatic nitrogens is 3. The summed E-state index contributed by atoms with van der Waals surface area (Å²) in [7, 11) is 0. The van der Waals surface area contributed by atoms with E-state index in [1.165, 1.54) is 93.0 Å². The quantitative estimate of drug-likeness (QED) is 0.146. The van der Waals surface area contributed by atoms with Crippen LogP contribution in [0.4, 0.5) is 0 Å². The van der Waals surface area contributed by atoms with Crippen molar-refractivity contribution in [2.45, 2.75) is 59.3 Å². The first-order valence-electron chi connectivity index (χ1n) is 24.4. The fourth-order valence-electron chi connectivity index (χ4n) is 11.7. The van der Waals surface area contributed by atoms with Crippen LogP contribution in [0.5, 0.6) is 11.5 Å². The largest absolute Gasteiger partial charge is 0.458 e. The Morgan fingerprint density at radius 2 is 0.824 bits per heavy atom. The first-order valence-corrected chi connectivity index (χ1v) is 24.4. The highest BCUT2D eigenvalue weighted by Crippen LogP contribution is 2.43. The van der Waals surface area contributed by atoms with Crippen molar-refractivity contribution in [3.05, 3.63) is 205 Å². The summed E-state index contributed by atoms with van der Waals surface area (Å²) in [5.74, 6) is 2.84. The molecule has 328 valence electrons. The molecular weight excluding hydrogens is 826 g/mol. The van der Waals surface area contributed by atoms with Crippen LogP contribution >= 0.6 is 0 Å². The summed E-state index contributed by atoms with van der Waals surface area (Å²) in [5.41, 5.74) is 18.5. The second-order valence-electron chi connectivity index (χ2n) is 19.8. The van der Waals surface area contributed by atoms with Crippen molar-refractivity contribution in [2.75, 3.05) is 0 Å². The van der Waals surface area contributed by atoms with Crippen molar-refractivity contribution in [3.8, 4) is 28.6 Å². The second-order valence-corrected chi connectivity index (χ2v) is 19.8. The molecule has 0 fully saturated rings. The number of fused-ring (bicyclic) bond motifs is 12. The Balaban J connectivity index is 1.13. The highest BCUT2D eigenvalue weighted by Gasteiger charge is 2.38. The summed E-state index contributed by atoms with van der Waals surface area (Å²) in [6, 6.07) is 69.7. The molecule has 0 bridgehead atoms. The van der Waals surface area contributed by atoms with Crippen molar-refractivity contribution >= 4 is 88.5 Å². The maximum atomic E-state index is 7.43. The molecule has 0 N–H and O–H groups in total. The second kappa shape index (κ2) is 15.4. The number of rotatable bonds is 7. The molecule has 0 unspecified atom stereocenters. The van der Waals surface area contributed by atoms with Gasteiger partial charge in [0, 0.05) is 55.4 Å². The van der Waals surface area contributed by atoms with Crippen LogP contribution in [0.3, 0.4) is 0 Å². The molecule has 9 aromatic carbocycles. The van der Waals surface area contributed by atoms with E-state index < -0.39 is 0 Å². The van der Waals surface area contributed by atoms with E-state index in [0.29, 0.717) is 17.8 Å². The summed E-state index contributed by atoms with van der Waals surface area (Å²) in [5, 5.41) is 7.31. The third-order valence-corrected chi connectivity index (χ3v) is 14.9. The Bertz CT molecular complexity index is 3950. The number of hydrogen-bond donors (Lipinski definition) is 0. The van der Waals surface area contributed by atoms with Crippen molar-refractivity contribution in [1.29, 1.82) is 0 Å². The zero-order valence-electron chi connectivity index (χ0n) is 39.5. The third-order valence-electron chi connectivity index (χ3n) is 14.9. The summed E-state index contributed by atoms with van der Waals surface area (Å²) in [4.78, 5) is 0. The number of para-hydroxylation sites is 5. The molecule has 5 heteroatoms. The molecule has 3 aromatic heterocycles. The number of ether oxygens (including phenoxy) is 1. The summed E-state index contributed by atoms with van der Waals surface area (Å²) < 4.78 is 14.8. The van der Waals surface area contributed by atoms with Gasteiger partial charge in [0.05, 0.1) is 33.1 Å². The van der Waals surface area contributed by atoms with Gasteiger partial charge in [-0.2, -0.15) is 0 Å². The zero-order chi connectivity index (χ0) is 45.9. The average Bonchev–Trinajstić information content (AvgIpc) is 4.00. The van der Waals surface area contributed by atoms with E-state index in [9.17, 15) is 0 Å². The minimum Gasteiger partial charge on any atom is -0.458 e. The molecule has 0 radical (unpaired) electrons. The Kier molecular flexibility index (Phi) is 9.17. The standard InChI is InChI=1S/C63H52BN3O/c1-38(2)41-33-50(39(3)4)61(51(34-41)40(5)6)64-53-32-29-44(35-59(53)68-60-36-52-47-25-15-16-26-55(47)65(58(52)37-54(60)64)42-19-9-7-10-20-42)67-57-28-18-14-24-46(57)49-31-30-48-45-23-13-17-27-56(45)66(62(48)63(49)67)43-21-11-8-12-22-43/h7-40H,1-6H3. The fourth-order valence-corrected chi connectivity index (χ4v) is 11.7. The Labute approximate surface area is 397 Å². The van der Waals surface area contributed by atoms with E-state index in [1.807, 2.05) is 0 Å². The summed E-state index contributed by atoms with van der Waals surface area (Å²) in [6.45, 7) is 14.0. The molecule has 1 aliphatic heterocycles. The van der Waals surface area contributed by atoms with E-state index in [4.69, 9.17) is 4.74 Å². The van der Waals surface area contributed by atoms with E-state index in [-0.39, 0.29) is 6.71 Å². The van der Waals surface area contributed by atoms with Crippen molar-refractivity contribution < 1.29 is 4.74 Å². The molecule has 12 aromatic rings. The molecule has 0 saturated heterocycles. The van der Waals surface area contributed by atoms with Gasteiger partial charge in [-0.3, -0.25) is 0 Å². The molecule has 1 aliphatic rings. The van der Waals surface area contributed by atoms with Gasteiger partial charge >= 0.3 is 0 Å². The van der Waals surface area contributed by atoms with Gasteiger partial charge in [0.15, 0.2) is 0 Å². The van der Waals surface area contributed by atoms with Gasteiger partial charge in [0.1, 0.15) is 11.5 Å². The van der Waals surface area contributed by atoms with Crippen LogP contribution in [-0.4, -0.2) is 20.4 Å². The van der Waals surface area contributed by atoms with Crippen LogP contribution < -0.4 is 21.1 Å². The predicted octanol–water partition coefficient (Wildman–Crippen LogP) is 15.0. The molecule has 0 saturated carbocycles. The van der Waals surface area contributed by atoms with Crippen LogP contribution in [0.15, 0.2) is 188 Å². The lowest BCUT2D eigenvalue weighted by Gasteiger charge is -2.32. The van der Waals surface area contributed by atoms with Gasteiger partial charge in [0.2, 0.25) is 0 Å². The minimum absolute atomic E-state index is 0.0732. The molecule has 0 atom stereocenters. The molecule has 4 heterocycles. The minimum atomic E-state index is -0.0732. The maximum absolute atomic E-state index is 7.43. The predicted molar refractivity (Wildman–Crippen MR) is 289 cm³/mol. The molecule has 4 nitrogen and oxygen atoms in total. The normalized spacial score (nSPS) is 12.8. The molecule has 0 aliphatic carbocycles. The highest BCUT2D eigenvalue weighted by molar-refractivity contribution is 6.97. The zero-order valence-corrected chi connectivity index (χ0v) is 39.5. The van der Waals surface area contributed by atoms with Crippen molar-refractivity contribution in [3.63, 3.8) is 0 Å². The van der Waals surface area contributed by atoms with Gasteiger partial charge in [-0.25, -0.2) is 0 Å². The van der Waals surface area contributed by atoms with Crippen molar-refractivity contribution in [1.82, 2.24) is 13.7 Å². The maximum Gasteiger partial charge on any atom is 0.251 e. The number of nitrogens with zero attached hydrogens (tertiary/aromatic N) is 3. The Morgan fingerprint density at radius 1 is 0.353 bits per heavy atom. The summed E-state index contributed by atoms with van der Waals surface area (Å²) >= 11 is 0. The highest BCUT2D eigenvalue weighted by atomic mass is 16.5. The number of hydrogen-bond acceptors (Lipinski definition) is 1. The fraction of sp³-hybridized carbons (Fsp3) is 0.143. The van der Waals surface area contributed by atoms with Crippen LogP contribution in [0.1, 0.15) is 76.0 Å². The van der Waals surface area contributed by atoms with Gasteiger partial charge < -0.3 is 18.4 Å². The molecular formula is C63H52BN3O. The lowest BCUT2D eigenvalue weighted by Crippen LogP contribution is -2.57. The van der Waals surface area contributed by atoms with Crippen LogP contribution in [0, 0.1) is 0 Å². The topological polar surface area (TPSA) is 24.0 Å². The molecule has 0 spiro atoms. The van der Waals surface area contributed by atoms with E-state index in [0.717, 1.165) is 34.1 Å². The van der Waals surface area contributed by atoms with Crippen LogP contribution in [0.25, 0.3) is 82.5 Å². The lowest BCUT2D eigenvalue weighted by molar-refractivity contribution is 0.488. The van der Waals surface area contributed by atoms with Crippen LogP contribution in [-0.2, 0) is 0 Å². The Hall–Kier alpha value is -7.76. The van der Waals surface area contributed by atoms with Crippen LogP contribution in [0.2, 0.25) is 0 Å². The number of benzene rings is 9. The molecule has 0 amide bonds. The Morgan fingerprint density at radius 3 is 1.37 bits per heavy atom. The van der Waals surface area contributed by atoms with Gasteiger partial charge in [-0.1, -0.05) is 168 Å². The third kappa shape index (κ3) is 5.94. The van der Waals surface area contributed by atoms with Gasteiger partial charge in [-0.15, -0.1) is 0 Å². The monoisotopic (exact) mass is 877 g/mol. The van der Waals surface area contributed by atoms with E-state index >= 15 is 0 Å². The lowest BCUT2D eigenvalue weighted by atomic mass is 9.33. The van der Waals surface area contributed by atoms with E-state index in [1.54, 1.807) is 0 Å². The van der Waals surface area contributed by atoms with E-state index in [2.05, 4.69) is 243 Å². The molecule has 68 heavy (non-hydrogen) atoms. The average molecular weight is 878 g/mol. The van der Waals surface area contributed by atoms with Gasteiger partial charge in [0.25, 0.3) is 6.71 Å².